The molecule has 2 aromatic carbocycles. The molecule has 14 heteroatoms. The molecular weight excluding hydrogens is 614 g/mol. The van der Waals surface area contributed by atoms with Gasteiger partial charge in [0.1, 0.15) is 29.9 Å². The van der Waals surface area contributed by atoms with Crippen molar-refractivity contribution in [2.24, 2.45) is 0 Å². The molecule has 1 unspecified atom stereocenters. The summed E-state index contributed by atoms with van der Waals surface area (Å²) in [6.07, 6.45) is 2.94. The van der Waals surface area contributed by atoms with Crippen molar-refractivity contribution in [1.29, 1.82) is 0 Å². The topological polar surface area (TPSA) is 179 Å². The Hall–Kier alpha value is -1.55. The van der Waals surface area contributed by atoms with Crippen LogP contribution in [0, 0.1) is 0 Å². The van der Waals surface area contributed by atoms with Crippen LogP contribution in [0.5, 0.6) is 11.5 Å². The number of carbonyl (C=O) groups excluding carboxylic acids is 1. The van der Waals surface area contributed by atoms with Crippen LogP contribution >= 0.6 is 15.2 Å². The molecule has 1 atom stereocenters. The van der Waals surface area contributed by atoms with Crippen LogP contribution in [-0.4, -0.2) is 70.5 Å². The zero-order valence-corrected chi connectivity index (χ0v) is 26.1. The summed E-state index contributed by atoms with van der Waals surface area (Å²) < 4.78 is 24.2. The van der Waals surface area contributed by atoms with Crippen molar-refractivity contribution >= 4 is 21.0 Å². The minimum absolute atomic E-state index is 0. The first-order valence-corrected chi connectivity index (χ1v) is 17.0. The monoisotopic (exact) mass is 656 g/mol. The Bertz CT molecular complexity index is 1170. The van der Waals surface area contributed by atoms with Crippen molar-refractivity contribution in [3.05, 3.63) is 59.7 Å². The average Bonchev–Trinajstić information content (AvgIpc) is 2.84. The third kappa shape index (κ3) is 15.5. The van der Waals surface area contributed by atoms with Crippen LogP contribution in [0.4, 0.5) is 0 Å². The van der Waals surface area contributed by atoms with E-state index in [1.54, 1.807) is 36.4 Å². The summed E-state index contributed by atoms with van der Waals surface area (Å²) in [5, 5.41) is 20.6. The molecule has 0 saturated heterocycles. The number of benzene rings is 2. The predicted molar refractivity (Wildman–Crippen MR) is 153 cm³/mol. The third-order valence-electron chi connectivity index (χ3n) is 6.51. The van der Waals surface area contributed by atoms with E-state index in [0.29, 0.717) is 49.7 Å². The Morgan fingerprint density at radius 2 is 1.32 bits per heavy atom. The van der Waals surface area contributed by atoms with Crippen LogP contribution in [0.2, 0.25) is 0 Å². The third-order valence-corrected chi connectivity index (χ3v) is 8.01. The summed E-state index contributed by atoms with van der Waals surface area (Å²) in [6.45, 7) is 1.97. The number of carbonyl (C=O) groups is 1. The molecule has 0 aliphatic heterocycles. The van der Waals surface area contributed by atoms with Gasteiger partial charge in [-0.3, -0.25) is 23.7 Å². The van der Waals surface area contributed by atoms with Gasteiger partial charge in [0.25, 0.3) is 0 Å². The molecule has 41 heavy (non-hydrogen) atoms. The molecule has 0 amide bonds. The molecule has 11 nitrogen and oxygen atoms in total. The fraction of sp³-hybridized carbons (Fsp3) is 0.519. The normalized spacial score (nSPS) is 12.9. The smallest absolute Gasteiger partial charge is 0.508 e. The summed E-state index contributed by atoms with van der Waals surface area (Å²) in [7, 11) is -9.10. The maximum atomic E-state index is 12.2. The second-order valence-electron chi connectivity index (χ2n) is 10.2. The van der Waals surface area contributed by atoms with E-state index in [4.69, 9.17) is 0 Å². The molecule has 0 spiro atoms. The van der Waals surface area contributed by atoms with Gasteiger partial charge in [0.05, 0.1) is 0 Å². The van der Waals surface area contributed by atoms with Gasteiger partial charge in [-0.05, 0) is 31.4 Å². The van der Waals surface area contributed by atoms with E-state index in [1.165, 1.54) is 21.9 Å². The minimum Gasteiger partial charge on any atom is -0.508 e. The number of Topliss-reactive ketones (excluding diaryl/α,β-unsaturated/α-hetero) is 1. The van der Waals surface area contributed by atoms with Crippen molar-refractivity contribution in [2.45, 2.75) is 71.0 Å². The number of rotatable bonds is 19. The molecule has 0 saturated carbocycles. The first-order valence-electron chi connectivity index (χ1n) is 13.4. The van der Waals surface area contributed by atoms with Crippen LogP contribution in [0.1, 0.15) is 63.0 Å². The number of phenolic OH excluding ortho intramolecular Hbond substituents is 2. The molecule has 6 N–H and O–H groups in total. The van der Waals surface area contributed by atoms with Gasteiger partial charge >= 0.3 is 32.3 Å². The summed E-state index contributed by atoms with van der Waals surface area (Å²) in [5.74, 6) is 0.123. The molecule has 2 rings (SSSR count). The van der Waals surface area contributed by atoms with E-state index in [1.807, 2.05) is 6.92 Å². The van der Waals surface area contributed by atoms with Gasteiger partial charge in [-0.2, -0.15) is 0 Å². The molecule has 0 aromatic heterocycles. The van der Waals surface area contributed by atoms with Gasteiger partial charge in [0, 0.05) is 49.6 Å². The van der Waals surface area contributed by atoms with Crippen molar-refractivity contribution in [3.8, 4) is 11.5 Å². The number of hydrogen-bond donors (Lipinski definition) is 6. The fourth-order valence-electron chi connectivity index (χ4n) is 4.68. The first kappa shape index (κ1) is 37.5. The second kappa shape index (κ2) is 18.2. The molecule has 2 aromatic rings. The molecule has 0 fully saturated rings. The largest absolute Gasteiger partial charge is 2.00 e. The zero-order valence-electron chi connectivity index (χ0n) is 23.2. The van der Waals surface area contributed by atoms with E-state index >= 15 is 0 Å². The fourth-order valence-corrected chi connectivity index (χ4v) is 6.22. The van der Waals surface area contributed by atoms with Crippen LogP contribution in [0.15, 0.2) is 48.5 Å². The quantitative estimate of drug-likeness (QED) is 0.0719. The maximum absolute atomic E-state index is 12.2. The number of nitrogens with zero attached hydrogens (tertiary/aromatic N) is 2. The van der Waals surface area contributed by atoms with Gasteiger partial charge in [-0.1, -0.05) is 56.2 Å². The molecular formula is C27H42FeN2O9P2+2. The number of ketones is 1. The molecule has 0 bridgehead atoms. The Morgan fingerprint density at radius 3 is 1.83 bits per heavy atom. The Kier molecular flexibility index (Phi) is 16.6. The number of para-hydroxylation sites is 2. The van der Waals surface area contributed by atoms with Crippen LogP contribution in [-0.2, 0) is 44.1 Å². The van der Waals surface area contributed by atoms with Crippen LogP contribution < -0.4 is 0 Å². The Labute approximate surface area is 252 Å². The van der Waals surface area contributed by atoms with Crippen LogP contribution in [0.25, 0.3) is 0 Å². The van der Waals surface area contributed by atoms with Crippen molar-refractivity contribution < 1.29 is 60.8 Å². The first-order chi connectivity index (χ1) is 18.8. The second-order valence-corrected chi connectivity index (χ2v) is 13.4. The van der Waals surface area contributed by atoms with E-state index in [2.05, 4.69) is 0 Å². The maximum Gasteiger partial charge on any atom is 2.00 e. The van der Waals surface area contributed by atoms with Gasteiger partial charge in [0.2, 0.25) is 0 Å². The number of hydrogen-bond acceptors (Lipinski definition) is 7. The van der Waals surface area contributed by atoms with E-state index < -0.39 is 33.8 Å². The average molecular weight is 656 g/mol. The van der Waals surface area contributed by atoms with E-state index in [9.17, 15) is 43.7 Å². The summed E-state index contributed by atoms with van der Waals surface area (Å²) >= 11 is 0. The Morgan fingerprint density at radius 1 is 0.780 bits per heavy atom. The van der Waals surface area contributed by atoms with E-state index in [0.717, 1.165) is 6.42 Å². The molecule has 0 aliphatic carbocycles. The number of phenols is 2. The summed E-state index contributed by atoms with van der Waals surface area (Å²) in [4.78, 5) is 54.3. The van der Waals surface area contributed by atoms with Crippen LogP contribution in [0.3, 0.4) is 0 Å². The van der Waals surface area contributed by atoms with Gasteiger partial charge in [0.15, 0.2) is 0 Å². The van der Waals surface area contributed by atoms with Gasteiger partial charge in [-0.15, -0.1) is 0 Å². The number of unbranched alkanes of at least 4 members (excludes halogenated alkanes) is 2. The van der Waals surface area contributed by atoms with Gasteiger partial charge < -0.3 is 29.8 Å². The number of aromatic hydroxyl groups is 2. The summed E-state index contributed by atoms with van der Waals surface area (Å²) in [5.41, 5.74) is 0.903. The summed E-state index contributed by atoms with van der Waals surface area (Å²) in [6, 6.07) is 12.3. The Balaban J connectivity index is 0.00000840. The SMILES string of the molecule is CCCC(=O)CCCCCC(CN(Cc1ccccc1O)CP(=O)(O)O)N(Cc1ccccc1O)CP(=O)(O)O.[Fe+2]. The molecule has 230 valence electrons. The van der Waals surface area contributed by atoms with Crippen molar-refractivity contribution in [2.75, 3.05) is 19.1 Å². The van der Waals surface area contributed by atoms with Crippen molar-refractivity contribution in [1.82, 2.24) is 9.80 Å². The zero-order chi connectivity index (χ0) is 29.8. The molecule has 0 heterocycles. The standard InChI is InChI=1S/C27H42N2O9P2.Fe/c1-2-10-25(30)14-5-3-4-13-24(29(21-40(36,37)38)18-23-12-7-9-16-27(23)32)19-28(20-39(33,34)35)17-22-11-6-8-15-26(22)31;/h6-9,11-12,15-16,24,31-32H,2-5,10,13-14,17-21H2,1H3,(H2,33,34,35)(H2,36,37,38);/q;+2. The van der Waals surface area contributed by atoms with Crippen molar-refractivity contribution in [3.63, 3.8) is 0 Å². The minimum atomic E-state index is -4.56. The molecule has 0 radical (unpaired) electrons. The van der Waals surface area contributed by atoms with Gasteiger partial charge in [-0.25, -0.2) is 0 Å². The predicted octanol–water partition coefficient (Wildman–Crippen LogP) is 4.36. The molecule has 0 aliphatic rings. The van der Waals surface area contributed by atoms with E-state index in [-0.39, 0.29) is 54.0 Å².